The van der Waals surface area contributed by atoms with Crippen molar-refractivity contribution in [3.8, 4) is 5.75 Å². The number of ether oxygens (including phenoxy) is 1. The Morgan fingerprint density at radius 1 is 1.30 bits per heavy atom. The first-order valence-corrected chi connectivity index (χ1v) is 9.51. The predicted molar refractivity (Wildman–Crippen MR) is 109 cm³/mol. The van der Waals surface area contributed by atoms with Crippen LogP contribution < -0.4 is 15.8 Å². The van der Waals surface area contributed by atoms with Crippen molar-refractivity contribution in [2.24, 2.45) is 17.6 Å². The number of nitrogens with two attached hydrogens (primary N) is 1. The molecule has 1 fully saturated rings. The third-order valence-corrected chi connectivity index (χ3v) is 4.59. The highest BCUT2D eigenvalue weighted by Crippen LogP contribution is 2.20. The molecular formula is C20H32ClN3O3. The summed E-state index contributed by atoms with van der Waals surface area (Å²) in [6, 6.07) is 7.27. The molecule has 1 aliphatic heterocycles. The van der Waals surface area contributed by atoms with Crippen LogP contribution in [0.3, 0.4) is 0 Å². The van der Waals surface area contributed by atoms with Gasteiger partial charge >= 0.3 is 0 Å². The van der Waals surface area contributed by atoms with E-state index in [0.29, 0.717) is 44.3 Å². The van der Waals surface area contributed by atoms with Gasteiger partial charge in [-0.25, -0.2) is 0 Å². The number of nitrogens with zero attached hydrogens (tertiary/aromatic N) is 1. The lowest BCUT2D eigenvalue weighted by atomic mass is 9.96. The fourth-order valence-corrected chi connectivity index (χ4v) is 3.00. The van der Waals surface area contributed by atoms with E-state index < -0.39 is 0 Å². The lowest BCUT2D eigenvalue weighted by molar-refractivity contribution is -0.126. The van der Waals surface area contributed by atoms with Gasteiger partial charge < -0.3 is 20.7 Å². The van der Waals surface area contributed by atoms with Gasteiger partial charge in [0.2, 0.25) is 5.91 Å². The van der Waals surface area contributed by atoms with Crippen LogP contribution in [0.1, 0.15) is 43.5 Å². The molecule has 152 valence electrons. The van der Waals surface area contributed by atoms with Crippen molar-refractivity contribution in [2.45, 2.75) is 33.1 Å². The zero-order valence-corrected chi connectivity index (χ0v) is 17.1. The van der Waals surface area contributed by atoms with E-state index in [4.69, 9.17) is 10.5 Å². The minimum atomic E-state index is -0.155. The monoisotopic (exact) mass is 397 g/mol. The average Bonchev–Trinajstić information content (AvgIpc) is 2.66. The van der Waals surface area contributed by atoms with Crippen LogP contribution >= 0.6 is 12.4 Å². The Morgan fingerprint density at radius 2 is 2.00 bits per heavy atom. The van der Waals surface area contributed by atoms with Gasteiger partial charge in [0, 0.05) is 31.7 Å². The van der Waals surface area contributed by atoms with Gasteiger partial charge in [-0.3, -0.25) is 9.59 Å². The molecular weight excluding hydrogens is 366 g/mol. The fraction of sp³-hybridized carbons (Fsp3) is 0.600. The molecule has 6 nitrogen and oxygen atoms in total. The Balaban J connectivity index is 0.00000364. The highest BCUT2D eigenvalue weighted by Gasteiger charge is 2.28. The maximum absolute atomic E-state index is 12.7. The zero-order valence-electron chi connectivity index (χ0n) is 16.3. The number of likely N-dealkylation sites (tertiary alicyclic amines) is 1. The van der Waals surface area contributed by atoms with Crippen LogP contribution in [-0.2, 0) is 4.79 Å². The van der Waals surface area contributed by atoms with Crippen LogP contribution in [-0.4, -0.2) is 49.5 Å². The van der Waals surface area contributed by atoms with E-state index in [1.165, 1.54) is 0 Å². The van der Waals surface area contributed by atoms with Gasteiger partial charge in [0.25, 0.3) is 5.91 Å². The van der Waals surface area contributed by atoms with E-state index >= 15 is 0 Å². The molecule has 0 spiro atoms. The van der Waals surface area contributed by atoms with Crippen molar-refractivity contribution in [3.63, 3.8) is 0 Å². The molecule has 2 amide bonds. The molecule has 0 aliphatic carbocycles. The van der Waals surface area contributed by atoms with Gasteiger partial charge in [0.15, 0.2) is 0 Å². The van der Waals surface area contributed by atoms with E-state index in [9.17, 15) is 9.59 Å². The summed E-state index contributed by atoms with van der Waals surface area (Å²) in [6.07, 6.45) is 2.65. The molecule has 1 saturated heterocycles. The van der Waals surface area contributed by atoms with E-state index in [2.05, 4.69) is 19.2 Å². The first-order chi connectivity index (χ1) is 12.5. The predicted octanol–water partition coefficient (Wildman–Crippen LogP) is 2.46. The molecule has 27 heavy (non-hydrogen) atoms. The smallest absolute Gasteiger partial charge is 0.253 e. The van der Waals surface area contributed by atoms with Gasteiger partial charge in [0.05, 0.1) is 12.5 Å². The topological polar surface area (TPSA) is 84.7 Å². The summed E-state index contributed by atoms with van der Waals surface area (Å²) in [7, 11) is 0. The lowest BCUT2D eigenvalue weighted by Crippen LogP contribution is -2.46. The fourth-order valence-electron chi connectivity index (χ4n) is 3.00. The second-order valence-electron chi connectivity index (χ2n) is 7.23. The molecule has 0 radical (unpaired) electrons. The first kappa shape index (κ1) is 23.2. The summed E-state index contributed by atoms with van der Waals surface area (Å²) in [6.45, 7) is 7.04. The molecule has 1 aliphatic rings. The first-order valence-electron chi connectivity index (χ1n) is 9.51. The SMILES string of the molecule is CC(C)CCOc1ccc(C(=O)N2CCCC(C(=O)NCCN)C2)cc1.Cl. The van der Waals surface area contributed by atoms with Crippen molar-refractivity contribution >= 4 is 24.2 Å². The van der Waals surface area contributed by atoms with Gasteiger partial charge in [0.1, 0.15) is 5.75 Å². The van der Waals surface area contributed by atoms with Crippen molar-refractivity contribution in [2.75, 3.05) is 32.8 Å². The van der Waals surface area contributed by atoms with Gasteiger partial charge in [-0.15, -0.1) is 12.4 Å². The molecule has 1 unspecified atom stereocenters. The van der Waals surface area contributed by atoms with E-state index in [0.717, 1.165) is 25.0 Å². The Kier molecular flexibility index (Phi) is 10.2. The Labute approximate surface area is 168 Å². The Bertz CT molecular complexity index is 593. The number of hydrogen-bond donors (Lipinski definition) is 2. The second kappa shape index (κ2) is 11.8. The number of nitrogens with one attached hydrogen (secondary N) is 1. The number of hydrogen-bond acceptors (Lipinski definition) is 4. The minimum absolute atomic E-state index is 0. The summed E-state index contributed by atoms with van der Waals surface area (Å²) >= 11 is 0. The standard InChI is InChI=1S/C20H31N3O3.ClH/c1-15(2)9-13-26-18-7-5-16(6-8-18)20(25)23-12-3-4-17(14-23)19(24)22-11-10-21;/h5-8,15,17H,3-4,9-14,21H2,1-2H3,(H,22,24);1H. The zero-order chi connectivity index (χ0) is 18.9. The number of benzene rings is 1. The number of carbonyl (C=O) groups is 2. The van der Waals surface area contributed by atoms with Crippen molar-refractivity contribution < 1.29 is 14.3 Å². The maximum atomic E-state index is 12.7. The number of halogens is 1. The normalized spacial score (nSPS) is 16.6. The Hall–Kier alpha value is -1.79. The third-order valence-electron chi connectivity index (χ3n) is 4.59. The van der Waals surface area contributed by atoms with Crippen molar-refractivity contribution in [1.29, 1.82) is 0 Å². The highest BCUT2D eigenvalue weighted by molar-refractivity contribution is 5.94. The maximum Gasteiger partial charge on any atom is 0.253 e. The van der Waals surface area contributed by atoms with Crippen LogP contribution in [0.4, 0.5) is 0 Å². The summed E-state index contributed by atoms with van der Waals surface area (Å²) in [5.74, 6) is 1.18. The number of rotatable bonds is 8. The third kappa shape index (κ3) is 7.39. The van der Waals surface area contributed by atoms with Crippen LogP contribution in [0.15, 0.2) is 24.3 Å². The minimum Gasteiger partial charge on any atom is -0.494 e. The summed E-state index contributed by atoms with van der Waals surface area (Å²) in [5.41, 5.74) is 6.05. The van der Waals surface area contributed by atoms with Crippen LogP contribution in [0.5, 0.6) is 5.75 Å². The van der Waals surface area contributed by atoms with Crippen LogP contribution in [0.25, 0.3) is 0 Å². The average molecular weight is 398 g/mol. The molecule has 0 saturated carbocycles. The summed E-state index contributed by atoms with van der Waals surface area (Å²) in [5, 5.41) is 2.82. The molecule has 0 aromatic heterocycles. The van der Waals surface area contributed by atoms with Crippen molar-refractivity contribution in [1.82, 2.24) is 10.2 Å². The van der Waals surface area contributed by atoms with Gasteiger partial charge in [-0.1, -0.05) is 13.8 Å². The van der Waals surface area contributed by atoms with E-state index in [1.807, 2.05) is 12.1 Å². The lowest BCUT2D eigenvalue weighted by Gasteiger charge is -2.32. The van der Waals surface area contributed by atoms with E-state index in [-0.39, 0.29) is 30.1 Å². The second-order valence-corrected chi connectivity index (χ2v) is 7.23. The molecule has 0 bridgehead atoms. The number of carbonyl (C=O) groups excluding carboxylic acids is 2. The van der Waals surface area contributed by atoms with Gasteiger partial charge in [-0.05, 0) is 49.4 Å². The molecule has 1 aromatic rings. The molecule has 3 N–H and O–H groups in total. The highest BCUT2D eigenvalue weighted by atomic mass is 35.5. The molecule has 1 aromatic carbocycles. The quantitative estimate of drug-likeness (QED) is 0.705. The number of amides is 2. The van der Waals surface area contributed by atoms with E-state index in [1.54, 1.807) is 17.0 Å². The molecule has 7 heteroatoms. The van der Waals surface area contributed by atoms with Crippen LogP contribution in [0.2, 0.25) is 0 Å². The Morgan fingerprint density at radius 3 is 2.63 bits per heavy atom. The molecule has 1 heterocycles. The molecule has 2 rings (SSSR count). The molecule has 1 atom stereocenters. The van der Waals surface area contributed by atoms with Gasteiger partial charge in [-0.2, -0.15) is 0 Å². The summed E-state index contributed by atoms with van der Waals surface area (Å²) < 4.78 is 5.70. The summed E-state index contributed by atoms with van der Waals surface area (Å²) in [4.78, 5) is 26.6. The van der Waals surface area contributed by atoms with Crippen molar-refractivity contribution in [3.05, 3.63) is 29.8 Å². The number of piperidine rings is 1. The largest absolute Gasteiger partial charge is 0.494 e. The van der Waals surface area contributed by atoms with Crippen LogP contribution in [0, 0.1) is 11.8 Å².